The summed E-state index contributed by atoms with van der Waals surface area (Å²) in [5.41, 5.74) is 7.86. The van der Waals surface area contributed by atoms with Gasteiger partial charge >= 0.3 is 5.97 Å². The summed E-state index contributed by atoms with van der Waals surface area (Å²) in [6, 6.07) is 6.29. The van der Waals surface area contributed by atoms with Crippen LogP contribution < -0.4 is 11.1 Å². The van der Waals surface area contributed by atoms with Crippen LogP contribution in [0.1, 0.15) is 30.1 Å². The second-order valence-electron chi connectivity index (χ2n) is 5.42. The average molecular weight is 277 g/mol. The van der Waals surface area contributed by atoms with Crippen LogP contribution in [0.15, 0.2) is 18.2 Å². The Morgan fingerprint density at radius 3 is 2.85 bits per heavy atom. The number of carbonyl (C=O) groups is 1. The molecule has 1 atom stereocenters. The highest BCUT2D eigenvalue weighted by Gasteiger charge is 2.28. The van der Waals surface area contributed by atoms with Gasteiger partial charge < -0.3 is 15.8 Å². The minimum Gasteiger partial charge on any atom is -0.465 e. The summed E-state index contributed by atoms with van der Waals surface area (Å²) < 4.78 is 4.72. The Bertz CT molecular complexity index is 486. The smallest absolute Gasteiger partial charge is 0.337 e. The third-order valence-corrected chi connectivity index (χ3v) is 3.88. The second kappa shape index (κ2) is 6.13. The highest BCUT2D eigenvalue weighted by Crippen LogP contribution is 2.27. The van der Waals surface area contributed by atoms with E-state index in [-0.39, 0.29) is 5.97 Å². The molecular formula is C15H23N3O2. The van der Waals surface area contributed by atoms with E-state index in [1.54, 1.807) is 18.2 Å². The molecule has 0 radical (unpaired) electrons. The van der Waals surface area contributed by atoms with Crippen LogP contribution in [0.5, 0.6) is 0 Å². The number of nitrogens with zero attached hydrogens (tertiary/aromatic N) is 1. The third kappa shape index (κ3) is 3.42. The topological polar surface area (TPSA) is 67.6 Å². The van der Waals surface area contributed by atoms with Crippen LogP contribution >= 0.6 is 0 Å². The Morgan fingerprint density at radius 1 is 1.55 bits per heavy atom. The predicted molar refractivity (Wildman–Crippen MR) is 80.9 cm³/mol. The van der Waals surface area contributed by atoms with Crippen molar-refractivity contribution in [2.45, 2.75) is 31.8 Å². The number of nitrogen functional groups attached to an aromatic ring is 1. The van der Waals surface area contributed by atoms with E-state index >= 15 is 0 Å². The van der Waals surface area contributed by atoms with Crippen LogP contribution in [0, 0.1) is 0 Å². The lowest BCUT2D eigenvalue weighted by Crippen LogP contribution is -2.36. The molecule has 1 aliphatic carbocycles. The minimum atomic E-state index is -0.351. The Kier molecular flexibility index (Phi) is 4.49. The summed E-state index contributed by atoms with van der Waals surface area (Å²) >= 11 is 0. The molecule has 1 unspecified atom stereocenters. The van der Waals surface area contributed by atoms with Gasteiger partial charge in [0.2, 0.25) is 0 Å². The SMILES string of the molecule is COC(=O)c1ccc(N)c(NCC(C)N(C)C2CC2)c1. The maximum absolute atomic E-state index is 11.5. The van der Waals surface area contributed by atoms with Gasteiger partial charge in [-0.15, -0.1) is 0 Å². The largest absolute Gasteiger partial charge is 0.465 e. The van der Waals surface area contributed by atoms with E-state index in [2.05, 4.69) is 24.2 Å². The first-order valence-electron chi connectivity index (χ1n) is 6.96. The van der Waals surface area contributed by atoms with Gasteiger partial charge in [0.1, 0.15) is 0 Å². The van der Waals surface area contributed by atoms with Crippen molar-refractivity contribution in [2.24, 2.45) is 0 Å². The first-order chi connectivity index (χ1) is 9.52. The van der Waals surface area contributed by atoms with Crippen molar-refractivity contribution in [3.05, 3.63) is 23.8 Å². The van der Waals surface area contributed by atoms with Gasteiger partial charge in [-0.3, -0.25) is 4.90 Å². The molecule has 0 saturated heterocycles. The molecule has 1 aromatic carbocycles. The van der Waals surface area contributed by atoms with Gasteiger partial charge in [0.05, 0.1) is 24.0 Å². The highest BCUT2D eigenvalue weighted by atomic mass is 16.5. The zero-order chi connectivity index (χ0) is 14.7. The normalized spacial score (nSPS) is 16.0. The summed E-state index contributed by atoms with van der Waals surface area (Å²) in [5, 5.41) is 3.32. The summed E-state index contributed by atoms with van der Waals surface area (Å²) in [7, 11) is 3.52. The van der Waals surface area contributed by atoms with E-state index in [9.17, 15) is 4.79 Å². The number of nitrogens with two attached hydrogens (primary N) is 1. The number of carbonyl (C=O) groups excluding carboxylic acids is 1. The van der Waals surface area contributed by atoms with Gasteiger partial charge in [-0.05, 0) is 45.0 Å². The summed E-state index contributed by atoms with van der Waals surface area (Å²) in [4.78, 5) is 13.9. The number of esters is 1. The van der Waals surface area contributed by atoms with Crippen molar-refractivity contribution < 1.29 is 9.53 Å². The van der Waals surface area contributed by atoms with Crippen molar-refractivity contribution >= 4 is 17.3 Å². The number of benzene rings is 1. The molecule has 0 aromatic heterocycles. The monoisotopic (exact) mass is 277 g/mol. The first-order valence-corrected chi connectivity index (χ1v) is 6.96. The zero-order valence-electron chi connectivity index (χ0n) is 12.3. The number of anilines is 2. The van der Waals surface area contributed by atoms with E-state index in [1.807, 2.05) is 0 Å². The molecule has 5 heteroatoms. The van der Waals surface area contributed by atoms with Crippen LogP contribution in [0.25, 0.3) is 0 Å². The number of hydrogen-bond donors (Lipinski definition) is 2. The van der Waals surface area contributed by atoms with Gasteiger partial charge in [0.25, 0.3) is 0 Å². The maximum atomic E-state index is 11.5. The van der Waals surface area contributed by atoms with Crippen molar-refractivity contribution in [3.63, 3.8) is 0 Å². The molecule has 0 bridgehead atoms. The van der Waals surface area contributed by atoms with Gasteiger partial charge in [0, 0.05) is 18.6 Å². The number of likely N-dealkylation sites (N-methyl/N-ethyl adjacent to an activating group) is 1. The van der Waals surface area contributed by atoms with E-state index in [1.165, 1.54) is 20.0 Å². The number of ether oxygens (including phenoxy) is 1. The molecule has 0 heterocycles. The number of nitrogens with one attached hydrogen (secondary N) is 1. The molecule has 110 valence electrons. The molecule has 1 fully saturated rings. The molecule has 5 nitrogen and oxygen atoms in total. The van der Waals surface area contributed by atoms with Crippen molar-refractivity contribution in [1.82, 2.24) is 4.90 Å². The molecular weight excluding hydrogens is 254 g/mol. The Morgan fingerprint density at radius 2 is 2.25 bits per heavy atom. The Balaban J connectivity index is 1.99. The molecule has 3 N–H and O–H groups in total. The van der Waals surface area contributed by atoms with Crippen LogP contribution in [-0.2, 0) is 4.74 Å². The predicted octanol–water partition coefficient (Wildman–Crippen LogP) is 1.95. The summed E-state index contributed by atoms with van der Waals surface area (Å²) in [6.45, 7) is 2.98. The van der Waals surface area contributed by atoms with Crippen molar-refractivity contribution in [2.75, 3.05) is 31.8 Å². The number of methoxy groups -OCH3 is 1. The van der Waals surface area contributed by atoms with Crippen LogP contribution in [-0.4, -0.2) is 43.7 Å². The fraction of sp³-hybridized carbons (Fsp3) is 0.533. The average Bonchev–Trinajstić information content (AvgIpc) is 3.29. The molecule has 1 saturated carbocycles. The fourth-order valence-electron chi connectivity index (χ4n) is 2.20. The Labute approximate surface area is 120 Å². The van der Waals surface area contributed by atoms with Crippen LogP contribution in [0.2, 0.25) is 0 Å². The van der Waals surface area contributed by atoms with E-state index in [0.29, 0.717) is 17.3 Å². The fourth-order valence-corrected chi connectivity index (χ4v) is 2.20. The van der Waals surface area contributed by atoms with E-state index in [4.69, 9.17) is 10.5 Å². The third-order valence-electron chi connectivity index (χ3n) is 3.88. The lowest BCUT2D eigenvalue weighted by molar-refractivity contribution is 0.0601. The lowest BCUT2D eigenvalue weighted by atomic mass is 10.1. The van der Waals surface area contributed by atoms with Crippen LogP contribution in [0.4, 0.5) is 11.4 Å². The van der Waals surface area contributed by atoms with Gasteiger partial charge in [-0.1, -0.05) is 0 Å². The molecule has 0 amide bonds. The van der Waals surface area contributed by atoms with Crippen LogP contribution in [0.3, 0.4) is 0 Å². The van der Waals surface area contributed by atoms with E-state index < -0.39 is 0 Å². The molecule has 0 spiro atoms. The first kappa shape index (κ1) is 14.7. The number of hydrogen-bond acceptors (Lipinski definition) is 5. The standard InChI is InChI=1S/C15H23N3O2/c1-10(18(2)12-5-6-12)9-17-14-8-11(15(19)20-3)4-7-13(14)16/h4,7-8,10,12,17H,5-6,9,16H2,1-3H3. The minimum absolute atomic E-state index is 0.351. The number of rotatable bonds is 6. The molecule has 2 rings (SSSR count). The highest BCUT2D eigenvalue weighted by molar-refractivity contribution is 5.91. The van der Waals surface area contributed by atoms with E-state index in [0.717, 1.165) is 18.3 Å². The molecule has 1 aliphatic rings. The quantitative estimate of drug-likeness (QED) is 0.614. The second-order valence-corrected chi connectivity index (χ2v) is 5.42. The molecule has 1 aromatic rings. The molecule has 0 aliphatic heterocycles. The Hall–Kier alpha value is -1.75. The maximum Gasteiger partial charge on any atom is 0.337 e. The van der Waals surface area contributed by atoms with Gasteiger partial charge in [0.15, 0.2) is 0 Å². The zero-order valence-corrected chi connectivity index (χ0v) is 12.3. The van der Waals surface area contributed by atoms with Gasteiger partial charge in [-0.25, -0.2) is 4.79 Å². The van der Waals surface area contributed by atoms with Crippen molar-refractivity contribution in [3.8, 4) is 0 Å². The van der Waals surface area contributed by atoms with Gasteiger partial charge in [-0.2, -0.15) is 0 Å². The summed E-state index contributed by atoms with van der Waals surface area (Å²) in [6.07, 6.45) is 2.58. The van der Waals surface area contributed by atoms with Crippen molar-refractivity contribution in [1.29, 1.82) is 0 Å². The molecule has 20 heavy (non-hydrogen) atoms. The summed E-state index contributed by atoms with van der Waals surface area (Å²) in [5.74, 6) is -0.351. The lowest BCUT2D eigenvalue weighted by Gasteiger charge is -2.25.